The van der Waals surface area contributed by atoms with Crippen LogP contribution in [0, 0.1) is 5.82 Å². The Morgan fingerprint density at radius 2 is 2.17 bits per heavy atom. The number of carbonyl (C=O) groups is 1. The van der Waals surface area contributed by atoms with Crippen molar-refractivity contribution in [1.82, 2.24) is 4.98 Å². The molecule has 5 nitrogen and oxygen atoms in total. The Morgan fingerprint density at radius 3 is 2.83 bits per heavy atom. The number of rotatable bonds is 7. The molecule has 1 heterocycles. The molecule has 0 aliphatic carbocycles. The molecule has 0 N–H and O–H groups in total. The molecule has 2 rings (SSSR count). The molecule has 0 unspecified atom stereocenters. The van der Waals surface area contributed by atoms with E-state index in [0.717, 1.165) is 5.56 Å². The predicted molar refractivity (Wildman–Crippen MR) is 87.5 cm³/mol. The van der Waals surface area contributed by atoms with Crippen LogP contribution in [-0.4, -0.2) is 24.7 Å². The number of halogens is 1. The summed E-state index contributed by atoms with van der Waals surface area (Å²) < 4.78 is 29.6. The van der Waals surface area contributed by atoms with E-state index in [1.54, 1.807) is 19.1 Å². The van der Waals surface area contributed by atoms with Crippen molar-refractivity contribution in [3.8, 4) is 11.6 Å². The second kappa shape index (κ2) is 8.21. The summed E-state index contributed by atoms with van der Waals surface area (Å²) in [5.74, 6) is -1.28. The van der Waals surface area contributed by atoms with Crippen molar-refractivity contribution in [2.24, 2.45) is 0 Å². The number of hydrogen-bond donors (Lipinski definition) is 0. The van der Waals surface area contributed by atoms with Gasteiger partial charge >= 0.3 is 5.97 Å². The molecule has 1 aromatic carbocycles. The van der Waals surface area contributed by atoms with Crippen LogP contribution in [-0.2, 0) is 16.1 Å². The van der Waals surface area contributed by atoms with Gasteiger partial charge < -0.3 is 14.2 Å². The minimum Gasteiger partial charge on any atom is -0.462 e. The lowest BCUT2D eigenvalue weighted by Crippen LogP contribution is -2.10. The molecule has 0 spiro atoms. The van der Waals surface area contributed by atoms with Crippen LogP contribution in [0.15, 0.2) is 37.0 Å². The number of methoxy groups -OCH3 is 1. The second-order valence-electron chi connectivity index (χ2n) is 4.80. The number of ether oxygens (including phenoxy) is 3. The summed E-state index contributed by atoms with van der Waals surface area (Å²) in [5.41, 5.74) is 1.32. The Hall–Kier alpha value is -2.73. The first-order valence-electron chi connectivity index (χ1n) is 7.34. The third-order valence-electron chi connectivity index (χ3n) is 3.16. The van der Waals surface area contributed by atoms with E-state index in [0.29, 0.717) is 12.2 Å². The molecule has 0 aliphatic rings. The van der Waals surface area contributed by atoms with E-state index in [9.17, 15) is 9.18 Å². The van der Waals surface area contributed by atoms with Gasteiger partial charge in [0.15, 0.2) is 11.6 Å². The molecule has 1 aromatic heterocycles. The second-order valence-corrected chi connectivity index (χ2v) is 4.80. The van der Waals surface area contributed by atoms with Gasteiger partial charge in [-0.2, -0.15) is 0 Å². The van der Waals surface area contributed by atoms with E-state index in [2.05, 4.69) is 11.6 Å². The van der Waals surface area contributed by atoms with Crippen LogP contribution in [0.3, 0.4) is 0 Å². The fraction of sp³-hybridized carbons (Fsp3) is 0.222. The van der Waals surface area contributed by atoms with Crippen molar-refractivity contribution in [3.05, 3.63) is 59.5 Å². The van der Waals surface area contributed by atoms with Gasteiger partial charge in [0.25, 0.3) is 0 Å². The molecule has 0 radical (unpaired) electrons. The highest BCUT2D eigenvalue weighted by molar-refractivity contribution is 5.96. The van der Waals surface area contributed by atoms with Gasteiger partial charge in [0.05, 0.1) is 13.2 Å². The van der Waals surface area contributed by atoms with Crippen molar-refractivity contribution < 1.29 is 23.4 Å². The van der Waals surface area contributed by atoms with Crippen LogP contribution in [0.2, 0.25) is 0 Å². The van der Waals surface area contributed by atoms with Gasteiger partial charge in [-0.05, 0) is 36.2 Å². The summed E-state index contributed by atoms with van der Waals surface area (Å²) in [6, 6.07) is 5.95. The summed E-state index contributed by atoms with van der Waals surface area (Å²) >= 11 is 0. The van der Waals surface area contributed by atoms with Crippen LogP contribution < -0.4 is 4.74 Å². The lowest BCUT2D eigenvalue weighted by molar-refractivity contribution is 0.0522. The van der Waals surface area contributed by atoms with E-state index in [1.165, 1.54) is 31.5 Å². The summed E-state index contributed by atoms with van der Waals surface area (Å²) in [5, 5.41) is 0. The van der Waals surface area contributed by atoms with Crippen LogP contribution >= 0.6 is 0 Å². The van der Waals surface area contributed by atoms with Gasteiger partial charge in [-0.25, -0.2) is 14.2 Å². The normalized spacial score (nSPS) is 10.3. The average molecular weight is 331 g/mol. The Bertz CT molecular complexity index is 746. The number of aromatic nitrogens is 1. The SMILES string of the molecule is C=Cc1ccnc(Oc2cc(COC)ccc2F)c1C(=O)OCC. The first-order valence-corrected chi connectivity index (χ1v) is 7.34. The standard InChI is InChI=1S/C18H18FNO4/c1-4-13-8-9-20-17(16(13)18(21)23-5-2)24-15-10-12(11-22-3)6-7-14(15)19/h4,6-10H,1,5,11H2,2-3H3. The highest BCUT2D eigenvalue weighted by Gasteiger charge is 2.20. The van der Waals surface area contributed by atoms with E-state index >= 15 is 0 Å². The maximum absolute atomic E-state index is 14.0. The van der Waals surface area contributed by atoms with Crippen molar-refractivity contribution in [2.75, 3.05) is 13.7 Å². The molecule has 126 valence electrons. The van der Waals surface area contributed by atoms with E-state index in [4.69, 9.17) is 14.2 Å². The number of hydrogen-bond acceptors (Lipinski definition) is 5. The molecule has 0 saturated heterocycles. The molecule has 2 aromatic rings. The summed E-state index contributed by atoms with van der Waals surface area (Å²) in [4.78, 5) is 16.2. The Morgan fingerprint density at radius 1 is 1.38 bits per heavy atom. The summed E-state index contributed by atoms with van der Waals surface area (Å²) in [6.45, 7) is 5.85. The van der Waals surface area contributed by atoms with Crippen LogP contribution in [0.25, 0.3) is 6.08 Å². The predicted octanol–water partition coefficient (Wildman–Crippen LogP) is 3.98. The van der Waals surface area contributed by atoms with Crippen LogP contribution in [0.4, 0.5) is 4.39 Å². The monoisotopic (exact) mass is 331 g/mol. The van der Waals surface area contributed by atoms with Crippen LogP contribution in [0.1, 0.15) is 28.4 Å². The zero-order valence-electron chi connectivity index (χ0n) is 13.5. The van der Waals surface area contributed by atoms with Gasteiger partial charge in [0, 0.05) is 13.3 Å². The largest absolute Gasteiger partial charge is 0.462 e. The minimum atomic E-state index is -0.607. The van der Waals surface area contributed by atoms with Crippen molar-refractivity contribution in [3.63, 3.8) is 0 Å². The van der Waals surface area contributed by atoms with Gasteiger partial charge in [-0.3, -0.25) is 0 Å². The molecular formula is C18H18FNO4. The van der Waals surface area contributed by atoms with Crippen LogP contribution in [0.5, 0.6) is 11.6 Å². The molecular weight excluding hydrogens is 313 g/mol. The number of carbonyl (C=O) groups excluding carboxylic acids is 1. The average Bonchev–Trinajstić information content (AvgIpc) is 2.58. The van der Waals surface area contributed by atoms with Crippen molar-refractivity contribution >= 4 is 12.0 Å². The molecule has 6 heteroatoms. The molecule has 0 fully saturated rings. The van der Waals surface area contributed by atoms with Crippen molar-refractivity contribution in [2.45, 2.75) is 13.5 Å². The zero-order valence-corrected chi connectivity index (χ0v) is 13.5. The quantitative estimate of drug-likeness (QED) is 0.718. The molecule has 0 amide bonds. The van der Waals surface area contributed by atoms with Gasteiger partial charge in [-0.1, -0.05) is 18.7 Å². The zero-order chi connectivity index (χ0) is 17.5. The third-order valence-corrected chi connectivity index (χ3v) is 3.16. The Kier molecular flexibility index (Phi) is 6.03. The lowest BCUT2D eigenvalue weighted by Gasteiger charge is -2.13. The highest BCUT2D eigenvalue weighted by Crippen LogP contribution is 2.29. The van der Waals surface area contributed by atoms with E-state index in [-0.39, 0.29) is 23.8 Å². The van der Waals surface area contributed by atoms with Gasteiger partial charge in [0.1, 0.15) is 5.56 Å². The Labute approximate surface area is 139 Å². The lowest BCUT2D eigenvalue weighted by atomic mass is 10.1. The maximum Gasteiger partial charge on any atom is 0.344 e. The number of benzene rings is 1. The fourth-order valence-electron chi connectivity index (χ4n) is 2.10. The summed E-state index contributed by atoms with van der Waals surface area (Å²) in [7, 11) is 1.54. The highest BCUT2D eigenvalue weighted by atomic mass is 19.1. The van der Waals surface area contributed by atoms with E-state index < -0.39 is 11.8 Å². The number of nitrogens with zero attached hydrogens (tertiary/aromatic N) is 1. The smallest absolute Gasteiger partial charge is 0.344 e. The van der Waals surface area contributed by atoms with E-state index in [1.807, 2.05) is 0 Å². The summed E-state index contributed by atoms with van der Waals surface area (Å²) in [6.07, 6.45) is 2.93. The third kappa shape index (κ3) is 3.97. The topological polar surface area (TPSA) is 57.7 Å². The van der Waals surface area contributed by atoms with Gasteiger partial charge in [-0.15, -0.1) is 0 Å². The van der Waals surface area contributed by atoms with Gasteiger partial charge in [0.2, 0.25) is 5.88 Å². The minimum absolute atomic E-state index is 0.0423. The first kappa shape index (κ1) is 17.6. The molecule has 0 bridgehead atoms. The first-order chi connectivity index (χ1) is 11.6. The maximum atomic E-state index is 14.0. The van der Waals surface area contributed by atoms with Crippen molar-refractivity contribution in [1.29, 1.82) is 0 Å². The molecule has 24 heavy (non-hydrogen) atoms. The fourth-order valence-corrected chi connectivity index (χ4v) is 2.10. The number of esters is 1. The molecule has 0 aliphatic heterocycles. The molecule has 0 atom stereocenters. The number of pyridine rings is 1. The Balaban J connectivity index is 2.44. The molecule has 0 saturated carbocycles.